The molecular formula is C42H55N9O9S. The van der Waals surface area contributed by atoms with Crippen molar-refractivity contribution in [2.75, 3.05) is 25.1 Å². The number of rotatable bonds is 20. The van der Waals surface area contributed by atoms with Crippen LogP contribution in [-0.2, 0) is 52.8 Å². The Morgan fingerprint density at radius 2 is 1.41 bits per heavy atom. The fourth-order valence-electron chi connectivity index (χ4n) is 7.55. The van der Waals surface area contributed by atoms with Gasteiger partial charge in [-0.2, -0.15) is 11.8 Å². The highest BCUT2D eigenvalue weighted by molar-refractivity contribution is 7.98. The summed E-state index contributed by atoms with van der Waals surface area (Å²) in [7, 11) is 0. The maximum Gasteiger partial charge on any atom is 0.326 e. The minimum absolute atomic E-state index is 0.00745. The third kappa shape index (κ3) is 12.8. The Kier molecular flexibility index (Phi) is 16.7. The first kappa shape index (κ1) is 46.1. The predicted octanol–water partition coefficient (Wildman–Crippen LogP) is 0.249. The minimum atomic E-state index is -1.34. The Balaban J connectivity index is 1.25. The monoisotopic (exact) mass is 861 g/mol. The number of nitrogens with zero attached hydrogens (tertiary/aromatic N) is 3. The SMILES string of the molecule is CSCC[C@H](N)C(=O)N[C@@H](Cc1cnc[nH]1)C(=O)N[C@@H](C)C(=O)N1CCC[C@H]1C(=O)N1CCC[C@H]1C(=O)N[C@@H](Cc1ccccc1)C(=O)N[C@@H](Cc1ccc(O)cc1)C(=O)O. The van der Waals surface area contributed by atoms with Crippen molar-refractivity contribution >= 4 is 53.2 Å². The number of nitrogens with one attached hydrogen (secondary N) is 5. The molecule has 3 aromatic rings. The Bertz CT molecular complexity index is 1990. The number of imidazole rings is 1. The zero-order chi connectivity index (χ0) is 44.1. The van der Waals surface area contributed by atoms with Gasteiger partial charge in [0, 0.05) is 44.2 Å². The molecule has 2 aliphatic heterocycles. The first-order valence-corrected chi connectivity index (χ1v) is 21.7. The summed E-state index contributed by atoms with van der Waals surface area (Å²) < 4.78 is 0. The molecule has 2 aliphatic rings. The van der Waals surface area contributed by atoms with Crippen LogP contribution in [0, 0.1) is 0 Å². The number of nitrogens with two attached hydrogens (primary N) is 1. The molecule has 1 aromatic heterocycles. The molecule has 0 radical (unpaired) electrons. The van der Waals surface area contributed by atoms with E-state index < -0.39 is 83.7 Å². The maximum absolute atomic E-state index is 14.2. The van der Waals surface area contributed by atoms with E-state index in [1.54, 1.807) is 42.5 Å². The summed E-state index contributed by atoms with van der Waals surface area (Å²) >= 11 is 1.54. The van der Waals surface area contributed by atoms with E-state index >= 15 is 0 Å². The summed E-state index contributed by atoms with van der Waals surface area (Å²) in [6.45, 7) is 1.98. The van der Waals surface area contributed by atoms with Gasteiger partial charge in [-0.15, -0.1) is 0 Å². The van der Waals surface area contributed by atoms with Crippen molar-refractivity contribution in [1.29, 1.82) is 0 Å². The summed E-state index contributed by atoms with van der Waals surface area (Å²) in [6.07, 6.45) is 6.92. The van der Waals surface area contributed by atoms with Crippen LogP contribution < -0.4 is 27.0 Å². The van der Waals surface area contributed by atoms with Crippen molar-refractivity contribution in [2.24, 2.45) is 5.73 Å². The zero-order valence-electron chi connectivity index (χ0n) is 34.2. The quantitative estimate of drug-likeness (QED) is 0.0760. The number of aliphatic carboxylic acids is 1. The largest absolute Gasteiger partial charge is 0.508 e. The smallest absolute Gasteiger partial charge is 0.326 e. The van der Waals surface area contributed by atoms with Gasteiger partial charge in [0.1, 0.15) is 42.0 Å². The van der Waals surface area contributed by atoms with Crippen LogP contribution in [0.25, 0.3) is 0 Å². The number of carboxylic acids is 1. The van der Waals surface area contributed by atoms with E-state index in [1.165, 1.54) is 53.1 Å². The Labute approximate surface area is 358 Å². The van der Waals surface area contributed by atoms with Crippen molar-refractivity contribution in [3.05, 3.63) is 83.9 Å². The molecule has 2 aromatic carbocycles. The molecule has 19 heteroatoms. The summed E-state index contributed by atoms with van der Waals surface area (Å²) in [5.74, 6) is -4.02. The molecule has 9 N–H and O–H groups in total. The number of thioether (sulfide) groups is 1. The van der Waals surface area contributed by atoms with Gasteiger partial charge in [0.05, 0.1) is 12.4 Å². The highest BCUT2D eigenvalue weighted by Gasteiger charge is 2.44. The van der Waals surface area contributed by atoms with Crippen LogP contribution in [0.3, 0.4) is 0 Å². The lowest BCUT2D eigenvalue weighted by Gasteiger charge is -2.33. The fraction of sp³-hybridized carbons (Fsp3) is 0.476. The van der Waals surface area contributed by atoms with Gasteiger partial charge in [-0.3, -0.25) is 28.8 Å². The second-order valence-electron chi connectivity index (χ2n) is 15.4. The number of phenols is 1. The summed E-state index contributed by atoms with van der Waals surface area (Å²) in [6, 6.07) is 7.42. The highest BCUT2D eigenvalue weighted by atomic mass is 32.2. The standard InChI is InChI=1S/C42H55N9O9S/c1-25(46-37(54)32(22-28-23-44-24-45-28)47-36(53)30(43)16-19-61-2)40(57)51-18-7-11-35(51)41(58)50-17-6-10-34(50)39(56)48-31(20-26-8-4-3-5-9-26)38(55)49-33(42(59)60)21-27-12-14-29(52)15-13-27/h3-5,8-9,12-15,23-25,30-35,52H,6-7,10-11,16-22,43H2,1-2H3,(H,44,45)(H,46,54)(H,47,53)(H,48,56)(H,49,55)(H,59,60)/t25-,30-,31-,32-,33-,34-,35-/m0/s1. The molecule has 0 bridgehead atoms. The van der Waals surface area contributed by atoms with Gasteiger partial charge in [-0.25, -0.2) is 9.78 Å². The molecule has 7 atom stereocenters. The lowest BCUT2D eigenvalue weighted by molar-refractivity contribution is -0.148. The molecule has 0 unspecified atom stereocenters. The van der Waals surface area contributed by atoms with Crippen LogP contribution in [0.5, 0.6) is 5.75 Å². The molecule has 18 nitrogen and oxygen atoms in total. The van der Waals surface area contributed by atoms with E-state index in [1.807, 2.05) is 6.26 Å². The minimum Gasteiger partial charge on any atom is -0.508 e. The molecule has 0 aliphatic carbocycles. The number of aromatic nitrogens is 2. The van der Waals surface area contributed by atoms with E-state index in [9.17, 15) is 43.8 Å². The van der Waals surface area contributed by atoms with E-state index in [0.29, 0.717) is 54.7 Å². The molecular weight excluding hydrogens is 807 g/mol. The molecule has 0 spiro atoms. The predicted molar refractivity (Wildman–Crippen MR) is 226 cm³/mol. The van der Waals surface area contributed by atoms with E-state index in [2.05, 4.69) is 31.2 Å². The lowest BCUT2D eigenvalue weighted by Crippen LogP contribution is -2.59. The summed E-state index contributed by atoms with van der Waals surface area (Å²) in [4.78, 5) is 104. The van der Waals surface area contributed by atoms with Gasteiger partial charge >= 0.3 is 5.97 Å². The lowest BCUT2D eigenvalue weighted by atomic mass is 10.0. The number of H-pyrrole nitrogens is 1. The topological polar surface area (TPSA) is 269 Å². The number of benzene rings is 2. The maximum atomic E-state index is 14.2. The van der Waals surface area contributed by atoms with E-state index in [0.717, 1.165) is 0 Å². The zero-order valence-corrected chi connectivity index (χ0v) is 35.1. The first-order chi connectivity index (χ1) is 29.2. The molecule has 2 fully saturated rings. The molecule has 2 saturated heterocycles. The number of aromatic amines is 1. The van der Waals surface area contributed by atoms with Gasteiger partial charge in [0.25, 0.3) is 0 Å². The van der Waals surface area contributed by atoms with Crippen LogP contribution in [0.15, 0.2) is 67.1 Å². The van der Waals surface area contributed by atoms with Gasteiger partial charge in [-0.1, -0.05) is 42.5 Å². The van der Waals surface area contributed by atoms with E-state index in [-0.39, 0.29) is 38.1 Å². The van der Waals surface area contributed by atoms with Crippen LogP contribution in [0.1, 0.15) is 55.8 Å². The first-order valence-electron chi connectivity index (χ1n) is 20.3. The summed E-state index contributed by atoms with van der Waals surface area (Å²) in [5.41, 5.74) is 7.91. The number of likely N-dealkylation sites (tertiary alicyclic amines) is 2. The highest BCUT2D eigenvalue weighted by Crippen LogP contribution is 2.26. The molecule has 3 heterocycles. The Morgan fingerprint density at radius 3 is 2.07 bits per heavy atom. The second-order valence-corrected chi connectivity index (χ2v) is 16.3. The molecule has 61 heavy (non-hydrogen) atoms. The third-order valence-electron chi connectivity index (χ3n) is 10.9. The van der Waals surface area contributed by atoms with Crippen LogP contribution in [0.2, 0.25) is 0 Å². The van der Waals surface area contributed by atoms with Crippen molar-refractivity contribution in [1.82, 2.24) is 41.0 Å². The van der Waals surface area contributed by atoms with Crippen molar-refractivity contribution in [3.63, 3.8) is 0 Å². The van der Waals surface area contributed by atoms with Crippen LogP contribution in [-0.4, -0.2) is 139 Å². The van der Waals surface area contributed by atoms with Crippen molar-refractivity contribution in [2.45, 2.75) is 101 Å². The fourth-order valence-corrected chi connectivity index (χ4v) is 8.04. The van der Waals surface area contributed by atoms with Gasteiger partial charge in [0.15, 0.2) is 0 Å². The molecule has 6 amide bonds. The number of hydrogen-bond donors (Lipinski definition) is 8. The Morgan fingerprint density at radius 1 is 0.803 bits per heavy atom. The van der Waals surface area contributed by atoms with Gasteiger partial charge < -0.3 is 52.0 Å². The average molecular weight is 862 g/mol. The number of carbonyl (C=O) groups excluding carboxylic acids is 6. The number of aromatic hydroxyl groups is 1. The molecule has 328 valence electrons. The van der Waals surface area contributed by atoms with Crippen molar-refractivity contribution < 1.29 is 43.8 Å². The number of amides is 6. The van der Waals surface area contributed by atoms with E-state index in [4.69, 9.17) is 5.73 Å². The molecule has 0 saturated carbocycles. The Hall–Kier alpha value is -5.95. The van der Waals surface area contributed by atoms with Gasteiger partial charge in [0.2, 0.25) is 35.4 Å². The number of carboxylic acid groups (broad SMARTS) is 1. The summed E-state index contributed by atoms with van der Waals surface area (Å²) in [5, 5.41) is 30.4. The van der Waals surface area contributed by atoms with Crippen LogP contribution >= 0.6 is 11.8 Å². The average Bonchev–Trinajstić information content (AvgIpc) is 4.06. The molecule has 5 rings (SSSR count). The van der Waals surface area contributed by atoms with Crippen molar-refractivity contribution in [3.8, 4) is 5.75 Å². The second kappa shape index (κ2) is 22.1. The van der Waals surface area contributed by atoms with Crippen LogP contribution in [0.4, 0.5) is 0 Å². The normalized spacial score (nSPS) is 18.6. The number of phenolic OH excluding ortho intramolecular Hbond substituents is 1. The third-order valence-corrected chi connectivity index (χ3v) is 11.5. The van der Waals surface area contributed by atoms with Gasteiger partial charge in [-0.05, 0) is 74.3 Å². The number of hydrogen-bond acceptors (Lipinski definition) is 11. The number of carbonyl (C=O) groups is 7.